The molecule has 0 amide bonds. The third kappa shape index (κ3) is 1.78. The van der Waals surface area contributed by atoms with Crippen LogP contribution in [0.3, 0.4) is 0 Å². The second kappa shape index (κ2) is 4.21. The molecule has 0 aromatic heterocycles. The van der Waals surface area contributed by atoms with Gasteiger partial charge in [-0.2, -0.15) is 0 Å². The Hall–Kier alpha value is -0.820. The number of fused-ring (bicyclic) bond motifs is 3. The molecule has 3 aromatic carbocycles. The summed E-state index contributed by atoms with van der Waals surface area (Å²) < 4.78 is 0. The topological polar surface area (TPSA) is 0 Å². The van der Waals surface area contributed by atoms with Crippen LogP contribution in [0.1, 0.15) is 11.1 Å². The number of hydrogen-bond acceptors (Lipinski definition) is 0. The van der Waals surface area contributed by atoms with Gasteiger partial charge in [0.15, 0.2) is 0 Å². The van der Waals surface area contributed by atoms with Crippen molar-refractivity contribution < 1.29 is 25.8 Å². The summed E-state index contributed by atoms with van der Waals surface area (Å²) in [6.07, 6.45) is 0. The smallest absolute Gasteiger partial charge is 0 e. The van der Waals surface area contributed by atoms with Crippen LogP contribution in [0.25, 0.3) is 21.5 Å². The molecule has 0 aliphatic rings. The average molecular weight is 372 g/mol. The van der Waals surface area contributed by atoms with Gasteiger partial charge in [-0.25, -0.2) is 0 Å². The first-order valence-electron chi connectivity index (χ1n) is 5.30. The standard InChI is InChI=1S/C15H13.Hf/c1-10-3-5-14-12(7-10)9-13-8-11(2)4-6-15(13)14;/h3-9H,1-2H3;/q-1;. The monoisotopic (exact) mass is 373 g/mol. The van der Waals surface area contributed by atoms with E-state index in [2.05, 4.69) is 56.3 Å². The number of hydrogen-bond donors (Lipinski definition) is 0. The molecule has 0 spiro atoms. The number of rotatable bonds is 0. The fourth-order valence-corrected chi connectivity index (χ4v) is 2.26. The van der Waals surface area contributed by atoms with Crippen LogP contribution < -0.4 is 0 Å². The quantitative estimate of drug-likeness (QED) is 0.408. The van der Waals surface area contributed by atoms with Gasteiger partial charge in [-0.3, -0.25) is 0 Å². The molecule has 0 N–H and O–H groups in total. The molecule has 78 valence electrons. The minimum atomic E-state index is 0. The van der Waals surface area contributed by atoms with Crippen LogP contribution in [0.5, 0.6) is 0 Å². The van der Waals surface area contributed by atoms with Gasteiger partial charge in [0, 0.05) is 25.8 Å². The maximum absolute atomic E-state index is 2.28. The van der Waals surface area contributed by atoms with E-state index in [-0.39, 0.29) is 25.8 Å². The molecule has 0 fully saturated rings. The summed E-state index contributed by atoms with van der Waals surface area (Å²) in [6, 6.07) is 15.6. The molecule has 0 radical (unpaired) electrons. The van der Waals surface area contributed by atoms with E-state index in [0.717, 1.165) is 0 Å². The van der Waals surface area contributed by atoms with E-state index in [0.29, 0.717) is 0 Å². The van der Waals surface area contributed by atoms with E-state index in [1.165, 1.54) is 32.7 Å². The van der Waals surface area contributed by atoms with Gasteiger partial charge in [-0.1, -0.05) is 35.4 Å². The second-order valence-corrected chi connectivity index (χ2v) is 4.33. The molecule has 3 rings (SSSR count). The van der Waals surface area contributed by atoms with Crippen LogP contribution >= 0.6 is 0 Å². The Morgan fingerprint density at radius 1 is 0.750 bits per heavy atom. The SMILES string of the molecule is Cc1ccc2c(c1)[cH-]c1cc(C)ccc12.[Hf]. The summed E-state index contributed by atoms with van der Waals surface area (Å²) in [4.78, 5) is 0. The normalized spacial score (nSPS) is 10.6. The molecule has 3 aromatic rings. The Balaban J connectivity index is 0.000000963. The van der Waals surface area contributed by atoms with E-state index >= 15 is 0 Å². The molecule has 0 nitrogen and oxygen atoms in total. The molecule has 16 heavy (non-hydrogen) atoms. The largest absolute Gasteiger partial charge is 0.126 e. The average Bonchev–Trinajstić information content (AvgIpc) is 2.53. The van der Waals surface area contributed by atoms with Gasteiger partial charge >= 0.3 is 0 Å². The van der Waals surface area contributed by atoms with E-state index in [1.54, 1.807) is 0 Å². The zero-order valence-electron chi connectivity index (χ0n) is 9.54. The van der Waals surface area contributed by atoms with Gasteiger partial charge in [-0.05, 0) is 13.8 Å². The third-order valence-electron chi connectivity index (χ3n) is 3.02. The first kappa shape index (κ1) is 11.7. The molecule has 0 heterocycles. The van der Waals surface area contributed by atoms with Crippen LogP contribution in [-0.2, 0) is 25.8 Å². The van der Waals surface area contributed by atoms with Crippen LogP contribution in [0, 0.1) is 13.8 Å². The van der Waals surface area contributed by atoms with Crippen LogP contribution in [0.15, 0.2) is 42.5 Å². The Morgan fingerprint density at radius 2 is 1.19 bits per heavy atom. The molecule has 0 saturated carbocycles. The summed E-state index contributed by atoms with van der Waals surface area (Å²) in [6.45, 7) is 4.28. The number of benzene rings is 2. The zero-order chi connectivity index (χ0) is 10.4. The molecule has 0 saturated heterocycles. The third-order valence-corrected chi connectivity index (χ3v) is 3.02. The van der Waals surface area contributed by atoms with Gasteiger partial charge in [0.05, 0.1) is 0 Å². The van der Waals surface area contributed by atoms with E-state index in [9.17, 15) is 0 Å². The minimum Gasteiger partial charge on any atom is -0.126 e. The van der Waals surface area contributed by atoms with Crippen molar-refractivity contribution in [2.24, 2.45) is 0 Å². The Morgan fingerprint density at radius 3 is 1.62 bits per heavy atom. The van der Waals surface area contributed by atoms with Gasteiger partial charge in [-0.15, -0.1) is 39.7 Å². The summed E-state index contributed by atoms with van der Waals surface area (Å²) in [5.74, 6) is 0. The Bertz CT molecular complexity index is 591. The van der Waals surface area contributed by atoms with Gasteiger partial charge in [0.25, 0.3) is 0 Å². The summed E-state index contributed by atoms with van der Waals surface area (Å²) >= 11 is 0. The summed E-state index contributed by atoms with van der Waals surface area (Å²) in [7, 11) is 0. The molecular formula is C15H13Hf-. The van der Waals surface area contributed by atoms with Crippen molar-refractivity contribution in [1.29, 1.82) is 0 Å². The van der Waals surface area contributed by atoms with Crippen molar-refractivity contribution in [3.05, 3.63) is 53.6 Å². The Labute approximate surface area is 114 Å². The fraction of sp³-hybridized carbons (Fsp3) is 0.133. The van der Waals surface area contributed by atoms with Crippen LogP contribution in [-0.4, -0.2) is 0 Å². The van der Waals surface area contributed by atoms with E-state index in [4.69, 9.17) is 0 Å². The van der Waals surface area contributed by atoms with E-state index < -0.39 is 0 Å². The minimum absolute atomic E-state index is 0. The first-order chi connectivity index (χ1) is 7.24. The van der Waals surface area contributed by atoms with Crippen molar-refractivity contribution >= 4 is 21.5 Å². The second-order valence-electron chi connectivity index (χ2n) is 4.33. The molecular weight excluding hydrogens is 359 g/mol. The molecule has 0 aliphatic carbocycles. The van der Waals surface area contributed by atoms with Crippen LogP contribution in [0.4, 0.5) is 0 Å². The predicted molar refractivity (Wildman–Crippen MR) is 66.5 cm³/mol. The molecule has 0 atom stereocenters. The maximum atomic E-state index is 2.28. The Kier molecular flexibility index (Phi) is 3.07. The van der Waals surface area contributed by atoms with E-state index in [1.807, 2.05) is 0 Å². The summed E-state index contributed by atoms with van der Waals surface area (Å²) in [5.41, 5.74) is 2.66. The van der Waals surface area contributed by atoms with Crippen molar-refractivity contribution in [2.45, 2.75) is 13.8 Å². The van der Waals surface area contributed by atoms with Crippen molar-refractivity contribution in [2.75, 3.05) is 0 Å². The van der Waals surface area contributed by atoms with Crippen LogP contribution in [0.2, 0.25) is 0 Å². The molecule has 0 aliphatic heterocycles. The van der Waals surface area contributed by atoms with Gasteiger partial charge in [0.1, 0.15) is 0 Å². The number of aryl methyl sites for hydroxylation is 2. The first-order valence-corrected chi connectivity index (χ1v) is 5.30. The molecule has 0 bridgehead atoms. The zero-order valence-corrected chi connectivity index (χ0v) is 13.1. The molecule has 0 unspecified atom stereocenters. The van der Waals surface area contributed by atoms with Gasteiger partial charge in [0.2, 0.25) is 0 Å². The van der Waals surface area contributed by atoms with Gasteiger partial charge < -0.3 is 0 Å². The van der Waals surface area contributed by atoms with Crippen molar-refractivity contribution in [1.82, 2.24) is 0 Å². The summed E-state index contributed by atoms with van der Waals surface area (Å²) in [5, 5.41) is 5.46. The molecule has 1 heteroatoms. The maximum Gasteiger partial charge on any atom is 0 e. The predicted octanol–water partition coefficient (Wildman–Crippen LogP) is 4.33. The van der Waals surface area contributed by atoms with Crippen molar-refractivity contribution in [3.8, 4) is 0 Å². The fourth-order valence-electron chi connectivity index (χ4n) is 2.26. The van der Waals surface area contributed by atoms with Crippen molar-refractivity contribution in [3.63, 3.8) is 0 Å².